The summed E-state index contributed by atoms with van der Waals surface area (Å²) in [6.45, 7) is 2.38. The number of rotatable bonds is 5. The van der Waals surface area contributed by atoms with Gasteiger partial charge in [0.05, 0.1) is 6.54 Å². The highest BCUT2D eigenvalue weighted by Gasteiger charge is 2.51. The smallest absolute Gasteiger partial charge is 0.319 e. The zero-order valence-electron chi connectivity index (χ0n) is 10.3. The van der Waals surface area contributed by atoms with E-state index in [1.54, 1.807) is 23.1 Å². The lowest BCUT2D eigenvalue weighted by atomic mass is 9.68. The minimum atomic E-state index is -1.20. The van der Waals surface area contributed by atoms with Gasteiger partial charge in [-0.05, 0) is 25.8 Å². The lowest BCUT2D eigenvalue weighted by molar-refractivity contribution is -0.162. The van der Waals surface area contributed by atoms with Crippen molar-refractivity contribution in [3.8, 4) is 0 Å². The van der Waals surface area contributed by atoms with Crippen LogP contribution >= 0.6 is 0 Å². The number of carbonyl (C=O) groups excluding carboxylic acids is 1. The molecule has 2 rings (SSSR count). The van der Waals surface area contributed by atoms with E-state index in [2.05, 4.69) is 10.4 Å². The van der Waals surface area contributed by atoms with E-state index in [1.165, 1.54) is 0 Å². The molecule has 1 saturated carbocycles. The Labute approximate surface area is 105 Å². The van der Waals surface area contributed by atoms with Gasteiger partial charge in [0.1, 0.15) is 5.41 Å². The van der Waals surface area contributed by atoms with Crippen molar-refractivity contribution in [2.45, 2.75) is 38.8 Å². The van der Waals surface area contributed by atoms with Crippen LogP contribution < -0.4 is 5.32 Å². The lowest BCUT2D eigenvalue weighted by Crippen LogP contribution is -2.53. The van der Waals surface area contributed by atoms with Crippen LogP contribution in [-0.4, -0.2) is 32.8 Å². The third-order valence-electron chi connectivity index (χ3n) is 3.45. The fraction of sp³-hybridized carbons (Fsp3) is 0.583. The van der Waals surface area contributed by atoms with Gasteiger partial charge >= 0.3 is 5.97 Å². The van der Waals surface area contributed by atoms with Crippen molar-refractivity contribution in [1.82, 2.24) is 15.1 Å². The molecule has 98 valence electrons. The second-order valence-corrected chi connectivity index (χ2v) is 4.84. The summed E-state index contributed by atoms with van der Waals surface area (Å²) in [4.78, 5) is 23.2. The van der Waals surface area contributed by atoms with Crippen LogP contribution in [0, 0.1) is 5.41 Å². The Hall–Kier alpha value is -1.85. The summed E-state index contributed by atoms with van der Waals surface area (Å²) in [5.74, 6) is -1.39. The van der Waals surface area contributed by atoms with Crippen LogP contribution in [0.2, 0.25) is 0 Å². The maximum atomic E-state index is 12.0. The van der Waals surface area contributed by atoms with Crippen LogP contribution in [0.5, 0.6) is 0 Å². The standard InChI is InChI=1S/C12H17N3O3/c1-9(8-15-7-3-6-13-15)14-10(16)12(11(17)18)4-2-5-12/h3,6-7,9H,2,4-5,8H2,1H3,(H,14,16)(H,17,18). The number of carboxylic acids is 1. The highest BCUT2D eigenvalue weighted by atomic mass is 16.4. The predicted octanol–water partition coefficient (Wildman–Crippen LogP) is 0.643. The van der Waals surface area contributed by atoms with Gasteiger partial charge in [0.2, 0.25) is 5.91 Å². The molecule has 1 aromatic rings. The van der Waals surface area contributed by atoms with Crippen molar-refractivity contribution in [2.24, 2.45) is 5.41 Å². The van der Waals surface area contributed by atoms with Crippen LogP contribution in [0.25, 0.3) is 0 Å². The van der Waals surface area contributed by atoms with Crippen molar-refractivity contribution in [2.75, 3.05) is 0 Å². The third-order valence-corrected chi connectivity index (χ3v) is 3.45. The average molecular weight is 251 g/mol. The number of nitrogens with one attached hydrogen (secondary N) is 1. The Bertz CT molecular complexity index is 437. The van der Waals surface area contributed by atoms with Gasteiger partial charge in [-0.15, -0.1) is 0 Å². The fourth-order valence-electron chi connectivity index (χ4n) is 2.16. The highest BCUT2D eigenvalue weighted by molar-refractivity contribution is 6.02. The Morgan fingerprint density at radius 1 is 1.56 bits per heavy atom. The quantitative estimate of drug-likeness (QED) is 0.752. The largest absolute Gasteiger partial charge is 0.480 e. The van der Waals surface area contributed by atoms with Crippen LogP contribution in [0.15, 0.2) is 18.5 Å². The molecule has 0 bridgehead atoms. The van der Waals surface area contributed by atoms with E-state index in [0.717, 1.165) is 6.42 Å². The van der Waals surface area contributed by atoms with E-state index in [0.29, 0.717) is 19.4 Å². The summed E-state index contributed by atoms with van der Waals surface area (Å²) >= 11 is 0. The molecule has 18 heavy (non-hydrogen) atoms. The summed E-state index contributed by atoms with van der Waals surface area (Å²) in [5.41, 5.74) is -1.20. The number of aromatic nitrogens is 2. The Morgan fingerprint density at radius 3 is 2.72 bits per heavy atom. The topological polar surface area (TPSA) is 84.2 Å². The minimum Gasteiger partial charge on any atom is -0.480 e. The highest BCUT2D eigenvalue weighted by Crippen LogP contribution is 2.41. The molecule has 1 fully saturated rings. The number of amides is 1. The number of carboxylic acid groups (broad SMARTS) is 1. The molecular weight excluding hydrogens is 234 g/mol. The van der Waals surface area contributed by atoms with Crippen LogP contribution in [0.4, 0.5) is 0 Å². The summed E-state index contributed by atoms with van der Waals surface area (Å²) in [5, 5.41) is 16.0. The zero-order valence-corrected chi connectivity index (χ0v) is 10.3. The first-order chi connectivity index (χ1) is 8.54. The van der Waals surface area contributed by atoms with Crippen LogP contribution in [-0.2, 0) is 16.1 Å². The van der Waals surface area contributed by atoms with Gasteiger partial charge in [-0.1, -0.05) is 6.42 Å². The van der Waals surface area contributed by atoms with Crippen molar-refractivity contribution in [1.29, 1.82) is 0 Å². The second kappa shape index (κ2) is 4.80. The summed E-state index contributed by atoms with van der Waals surface area (Å²) in [6, 6.07) is 1.66. The molecule has 1 aromatic heterocycles. The molecule has 6 nitrogen and oxygen atoms in total. The van der Waals surface area contributed by atoms with E-state index in [-0.39, 0.29) is 11.9 Å². The minimum absolute atomic E-state index is 0.144. The number of hydrogen-bond acceptors (Lipinski definition) is 3. The molecule has 0 spiro atoms. The van der Waals surface area contributed by atoms with E-state index in [9.17, 15) is 9.59 Å². The molecule has 1 atom stereocenters. The summed E-state index contributed by atoms with van der Waals surface area (Å²) in [7, 11) is 0. The maximum Gasteiger partial charge on any atom is 0.319 e. The lowest BCUT2D eigenvalue weighted by Gasteiger charge is -2.36. The number of nitrogens with zero attached hydrogens (tertiary/aromatic N) is 2. The Kier molecular flexibility index (Phi) is 3.36. The van der Waals surface area contributed by atoms with E-state index in [1.807, 2.05) is 6.92 Å². The molecular formula is C12H17N3O3. The van der Waals surface area contributed by atoms with Crippen molar-refractivity contribution >= 4 is 11.9 Å². The van der Waals surface area contributed by atoms with Gasteiger partial charge in [0.25, 0.3) is 0 Å². The normalized spacial score (nSPS) is 18.7. The van der Waals surface area contributed by atoms with Crippen molar-refractivity contribution in [3.63, 3.8) is 0 Å². The number of carbonyl (C=O) groups is 2. The number of aliphatic carboxylic acids is 1. The molecule has 1 amide bonds. The molecule has 1 heterocycles. The Morgan fingerprint density at radius 2 is 2.28 bits per heavy atom. The molecule has 0 radical (unpaired) electrons. The molecule has 1 aliphatic carbocycles. The van der Waals surface area contributed by atoms with Gasteiger partial charge in [-0.3, -0.25) is 14.3 Å². The molecule has 2 N–H and O–H groups in total. The Balaban J connectivity index is 1.92. The molecule has 0 saturated heterocycles. The van der Waals surface area contributed by atoms with Gasteiger partial charge < -0.3 is 10.4 Å². The number of hydrogen-bond donors (Lipinski definition) is 2. The SMILES string of the molecule is CC(Cn1cccn1)NC(=O)C1(C(=O)O)CCC1. The maximum absolute atomic E-state index is 12.0. The molecule has 6 heteroatoms. The van der Waals surface area contributed by atoms with Crippen molar-refractivity contribution < 1.29 is 14.7 Å². The second-order valence-electron chi connectivity index (χ2n) is 4.84. The first-order valence-corrected chi connectivity index (χ1v) is 6.06. The predicted molar refractivity (Wildman–Crippen MR) is 63.8 cm³/mol. The molecule has 0 aliphatic heterocycles. The van der Waals surface area contributed by atoms with Crippen LogP contribution in [0.3, 0.4) is 0 Å². The van der Waals surface area contributed by atoms with E-state index < -0.39 is 11.4 Å². The monoisotopic (exact) mass is 251 g/mol. The first-order valence-electron chi connectivity index (χ1n) is 6.06. The first kappa shape index (κ1) is 12.6. The summed E-state index contributed by atoms with van der Waals surface area (Å²) in [6.07, 6.45) is 5.14. The fourth-order valence-corrected chi connectivity index (χ4v) is 2.16. The average Bonchev–Trinajstić information content (AvgIpc) is 2.66. The molecule has 1 aliphatic rings. The molecule has 1 unspecified atom stereocenters. The molecule has 0 aromatic carbocycles. The van der Waals surface area contributed by atoms with Gasteiger partial charge in [0, 0.05) is 18.4 Å². The van der Waals surface area contributed by atoms with Crippen LogP contribution in [0.1, 0.15) is 26.2 Å². The zero-order chi connectivity index (χ0) is 13.2. The van der Waals surface area contributed by atoms with Gasteiger partial charge in [-0.2, -0.15) is 5.10 Å². The third kappa shape index (κ3) is 2.23. The van der Waals surface area contributed by atoms with Gasteiger partial charge in [-0.25, -0.2) is 0 Å². The van der Waals surface area contributed by atoms with Crippen molar-refractivity contribution in [3.05, 3.63) is 18.5 Å². The summed E-state index contributed by atoms with van der Waals surface area (Å²) < 4.78 is 1.71. The van der Waals surface area contributed by atoms with E-state index in [4.69, 9.17) is 5.11 Å². The van der Waals surface area contributed by atoms with Gasteiger partial charge in [0.15, 0.2) is 0 Å². The van der Waals surface area contributed by atoms with E-state index >= 15 is 0 Å².